The van der Waals surface area contributed by atoms with Crippen molar-refractivity contribution in [1.82, 2.24) is 14.8 Å². The molecule has 0 saturated heterocycles. The van der Waals surface area contributed by atoms with Gasteiger partial charge in [-0.3, -0.25) is 4.79 Å². The van der Waals surface area contributed by atoms with Gasteiger partial charge in [-0.1, -0.05) is 56.7 Å². The molecule has 0 aliphatic rings. The van der Waals surface area contributed by atoms with Gasteiger partial charge in [0.2, 0.25) is 5.91 Å². The van der Waals surface area contributed by atoms with Crippen molar-refractivity contribution < 1.29 is 4.79 Å². The minimum absolute atomic E-state index is 0.0342. The molecule has 0 aliphatic carbocycles. The molecular weight excluding hydrogens is 336 g/mol. The van der Waals surface area contributed by atoms with E-state index in [4.69, 9.17) is 0 Å². The first-order valence-electron chi connectivity index (χ1n) is 9.20. The monoisotopic (exact) mass is 362 g/mol. The van der Waals surface area contributed by atoms with Gasteiger partial charge in [0.1, 0.15) is 5.82 Å². The van der Waals surface area contributed by atoms with Crippen LogP contribution in [0.3, 0.4) is 0 Å². The molecule has 0 radical (unpaired) electrons. The second-order valence-corrected chi connectivity index (χ2v) is 7.80. The summed E-state index contributed by atoms with van der Waals surface area (Å²) < 4.78 is 1.70. The standard InChI is InChI=1S/C22H26N4O/c1-16-8-10-17(11-9-16)12-13-21(27)24-20-15-18(22(2,3)4)25-26(20)19-7-5-6-14-23-19/h5-11,14-15H,12-13H2,1-4H3,(H,24,27). The summed E-state index contributed by atoms with van der Waals surface area (Å²) in [6.07, 6.45) is 2.84. The highest BCUT2D eigenvalue weighted by molar-refractivity contribution is 5.90. The van der Waals surface area contributed by atoms with Crippen molar-refractivity contribution in [2.75, 3.05) is 5.32 Å². The fraction of sp³-hybridized carbons (Fsp3) is 0.318. The fourth-order valence-corrected chi connectivity index (χ4v) is 2.71. The Balaban J connectivity index is 1.77. The topological polar surface area (TPSA) is 59.8 Å². The number of aryl methyl sites for hydroxylation is 2. The van der Waals surface area contributed by atoms with Crippen LogP contribution in [-0.4, -0.2) is 20.7 Å². The maximum Gasteiger partial charge on any atom is 0.225 e. The molecule has 0 unspecified atom stereocenters. The van der Waals surface area contributed by atoms with Crippen LogP contribution in [0.1, 0.15) is 44.0 Å². The molecule has 140 valence electrons. The molecule has 0 bridgehead atoms. The zero-order valence-corrected chi connectivity index (χ0v) is 16.4. The van der Waals surface area contributed by atoms with Crippen LogP contribution in [0.25, 0.3) is 5.82 Å². The number of hydrogen-bond donors (Lipinski definition) is 1. The van der Waals surface area contributed by atoms with Gasteiger partial charge in [-0.2, -0.15) is 9.78 Å². The van der Waals surface area contributed by atoms with Gasteiger partial charge in [0.15, 0.2) is 5.82 Å². The average molecular weight is 362 g/mol. The number of carbonyl (C=O) groups excluding carboxylic acids is 1. The highest BCUT2D eigenvalue weighted by Gasteiger charge is 2.21. The van der Waals surface area contributed by atoms with Gasteiger partial charge in [0.25, 0.3) is 0 Å². The Morgan fingerprint density at radius 3 is 2.48 bits per heavy atom. The van der Waals surface area contributed by atoms with Crippen molar-refractivity contribution in [2.24, 2.45) is 0 Å². The van der Waals surface area contributed by atoms with Crippen LogP contribution in [0.15, 0.2) is 54.7 Å². The largest absolute Gasteiger partial charge is 0.311 e. The third kappa shape index (κ3) is 4.82. The molecule has 0 atom stereocenters. The number of nitrogens with one attached hydrogen (secondary N) is 1. The summed E-state index contributed by atoms with van der Waals surface area (Å²) in [6, 6.07) is 15.8. The Morgan fingerprint density at radius 1 is 1.11 bits per heavy atom. The predicted molar refractivity (Wildman–Crippen MR) is 108 cm³/mol. The third-order valence-electron chi connectivity index (χ3n) is 4.37. The zero-order chi connectivity index (χ0) is 19.4. The number of nitrogens with zero attached hydrogens (tertiary/aromatic N) is 3. The Kier molecular flexibility index (Phi) is 5.40. The molecule has 27 heavy (non-hydrogen) atoms. The van der Waals surface area contributed by atoms with Crippen LogP contribution in [0.5, 0.6) is 0 Å². The number of benzene rings is 1. The number of pyridine rings is 1. The number of amides is 1. The van der Waals surface area contributed by atoms with Gasteiger partial charge >= 0.3 is 0 Å². The number of aromatic nitrogens is 3. The van der Waals surface area contributed by atoms with Gasteiger partial charge in [0.05, 0.1) is 5.69 Å². The summed E-state index contributed by atoms with van der Waals surface area (Å²) in [6.45, 7) is 8.35. The van der Waals surface area contributed by atoms with Crippen LogP contribution in [-0.2, 0) is 16.6 Å². The van der Waals surface area contributed by atoms with E-state index in [1.165, 1.54) is 5.56 Å². The molecule has 2 heterocycles. The lowest BCUT2D eigenvalue weighted by Crippen LogP contribution is -2.16. The summed E-state index contributed by atoms with van der Waals surface area (Å²) in [5, 5.41) is 7.68. The van der Waals surface area contributed by atoms with Crippen molar-refractivity contribution in [2.45, 2.75) is 46.0 Å². The Morgan fingerprint density at radius 2 is 1.85 bits per heavy atom. The minimum atomic E-state index is -0.124. The maximum absolute atomic E-state index is 12.5. The Labute approximate surface area is 160 Å². The van der Waals surface area contributed by atoms with E-state index < -0.39 is 0 Å². The molecule has 5 heteroatoms. The van der Waals surface area contributed by atoms with Crippen LogP contribution in [0.2, 0.25) is 0 Å². The van der Waals surface area contributed by atoms with E-state index in [9.17, 15) is 4.79 Å². The van der Waals surface area contributed by atoms with E-state index in [-0.39, 0.29) is 11.3 Å². The van der Waals surface area contributed by atoms with E-state index in [0.717, 1.165) is 11.3 Å². The molecule has 3 rings (SSSR count). The van der Waals surface area contributed by atoms with Gasteiger partial charge in [-0.15, -0.1) is 0 Å². The predicted octanol–water partition coefficient (Wildman–Crippen LogP) is 4.44. The minimum Gasteiger partial charge on any atom is -0.311 e. The molecular formula is C22H26N4O. The summed E-state index contributed by atoms with van der Waals surface area (Å²) in [7, 11) is 0. The molecule has 0 spiro atoms. The van der Waals surface area contributed by atoms with Crippen LogP contribution in [0, 0.1) is 6.92 Å². The number of anilines is 1. The highest BCUT2D eigenvalue weighted by Crippen LogP contribution is 2.25. The molecule has 5 nitrogen and oxygen atoms in total. The second-order valence-electron chi connectivity index (χ2n) is 7.80. The van der Waals surface area contributed by atoms with Crippen LogP contribution in [0.4, 0.5) is 5.82 Å². The number of hydrogen-bond acceptors (Lipinski definition) is 3. The molecule has 1 N–H and O–H groups in total. The summed E-state index contributed by atoms with van der Waals surface area (Å²) in [5.41, 5.74) is 3.16. The molecule has 1 aromatic carbocycles. The molecule has 0 saturated carbocycles. The average Bonchev–Trinajstić information content (AvgIpc) is 3.06. The summed E-state index contributed by atoms with van der Waals surface area (Å²) in [5.74, 6) is 1.29. The highest BCUT2D eigenvalue weighted by atomic mass is 16.1. The van der Waals surface area contributed by atoms with Gasteiger partial charge in [0, 0.05) is 24.1 Å². The van der Waals surface area contributed by atoms with Crippen LogP contribution >= 0.6 is 0 Å². The van der Waals surface area contributed by atoms with E-state index in [1.807, 2.05) is 24.3 Å². The van der Waals surface area contributed by atoms with E-state index in [1.54, 1.807) is 10.9 Å². The second kappa shape index (κ2) is 7.74. The smallest absolute Gasteiger partial charge is 0.225 e. The Hall–Kier alpha value is -2.95. The first-order chi connectivity index (χ1) is 12.8. The van der Waals surface area contributed by atoms with E-state index in [0.29, 0.717) is 24.5 Å². The first-order valence-corrected chi connectivity index (χ1v) is 9.20. The third-order valence-corrected chi connectivity index (χ3v) is 4.37. The van der Waals surface area contributed by atoms with E-state index in [2.05, 4.69) is 67.4 Å². The molecule has 3 aromatic rings. The number of rotatable bonds is 5. The number of carbonyl (C=O) groups is 1. The SMILES string of the molecule is Cc1ccc(CCC(=O)Nc2cc(C(C)(C)C)nn2-c2ccccn2)cc1. The fourth-order valence-electron chi connectivity index (χ4n) is 2.71. The lowest BCUT2D eigenvalue weighted by atomic mass is 9.92. The quantitative estimate of drug-likeness (QED) is 0.730. The van der Waals surface area contributed by atoms with Crippen molar-refractivity contribution in [3.63, 3.8) is 0 Å². The van der Waals surface area contributed by atoms with Gasteiger partial charge in [-0.05, 0) is 31.0 Å². The van der Waals surface area contributed by atoms with Crippen molar-refractivity contribution >= 4 is 11.7 Å². The normalized spacial score (nSPS) is 11.4. The van der Waals surface area contributed by atoms with E-state index >= 15 is 0 Å². The van der Waals surface area contributed by atoms with Gasteiger partial charge < -0.3 is 5.32 Å². The van der Waals surface area contributed by atoms with Gasteiger partial charge in [-0.25, -0.2) is 4.98 Å². The Bertz CT molecular complexity index is 906. The first kappa shape index (κ1) is 18.8. The summed E-state index contributed by atoms with van der Waals surface area (Å²) in [4.78, 5) is 16.9. The van der Waals surface area contributed by atoms with Crippen LogP contribution < -0.4 is 5.32 Å². The molecule has 0 fully saturated rings. The maximum atomic E-state index is 12.5. The molecule has 0 aliphatic heterocycles. The van der Waals surface area contributed by atoms with Crippen molar-refractivity contribution in [3.05, 3.63) is 71.5 Å². The molecule has 1 amide bonds. The van der Waals surface area contributed by atoms with Crippen molar-refractivity contribution in [3.8, 4) is 5.82 Å². The zero-order valence-electron chi connectivity index (χ0n) is 16.4. The van der Waals surface area contributed by atoms with Crippen molar-refractivity contribution in [1.29, 1.82) is 0 Å². The lowest BCUT2D eigenvalue weighted by Gasteiger charge is -2.13. The lowest BCUT2D eigenvalue weighted by molar-refractivity contribution is -0.116. The summed E-state index contributed by atoms with van der Waals surface area (Å²) >= 11 is 0. The molecule has 2 aromatic heterocycles.